The molecule has 2 aromatic rings. The van der Waals surface area contributed by atoms with Gasteiger partial charge in [-0.1, -0.05) is 17.7 Å². The van der Waals surface area contributed by atoms with Crippen molar-refractivity contribution >= 4 is 6.29 Å². The quantitative estimate of drug-likeness (QED) is 0.803. The van der Waals surface area contributed by atoms with E-state index in [1.54, 1.807) is 18.2 Å². The fourth-order valence-electron chi connectivity index (χ4n) is 1.68. The Labute approximate surface area is 98.3 Å². The smallest absolute Gasteiger partial charge is 0.153 e. The second-order valence-electron chi connectivity index (χ2n) is 3.87. The summed E-state index contributed by atoms with van der Waals surface area (Å²) < 4.78 is 13.6. The van der Waals surface area contributed by atoms with Crippen molar-refractivity contribution in [1.29, 1.82) is 0 Å². The first-order valence-electron chi connectivity index (χ1n) is 5.16. The monoisotopic (exact) mass is 230 g/mol. The molecule has 2 nitrogen and oxygen atoms in total. The minimum absolute atomic E-state index is 0.100. The number of aromatic hydroxyl groups is 1. The molecule has 0 atom stereocenters. The predicted molar refractivity (Wildman–Crippen MR) is 63.6 cm³/mol. The number of rotatable bonds is 2. The summed E-state index contributed by atoms with van der Waals surface area (Å²) in [6, 6.07) is 9.22. The van der Waals surface area contributed by atoms with Gasteiger partial charge in [-0.2, -0.15) is 0 Å². The summed E-state index contributed by atoms with van der Waals surface area (Å²) in [5.74, 6) is -0.449. The Kier molecular flexibility index (Phi) is 2.91. The minimum Gasteiger partial charge on any atom is -0.507 e. The third-order valence-corrected chi connectivity index (χ3v) is 2.59. The Morgan fingerprint density at radius 1 is 1.18 bits per heavy atom. The number of benzene rings is 2. The lowest BCUT2D eigenvalue weighted by Gasteiger charge is -2.06. The summed E-state index contributed by atoms with van der Waals surface area (Å²) in [5, 5.41) is 9.38. The van der Waals surface area contributed by atoms with Crippen LogP contribution in [0.2, 0.25) is 0 Å². The lowest BCUT2D eigenvalue weighted by Crippen LogP contribution is -1.88. The lowest BCUT2D eigenvalue weighted by atomic mass is 10.0. The Bertz CT molecular complexity index is 576. The van der Waals surface area contributed by atoms with Crippen LogP contribution in [0.15, 0.2) is 36.4 Å². The molecule has 0 bridgehead atoms. The second kappa shape index (κ2) is 4.37. The molecule has 0 radical (unpaired) electrons. The molecule has 0 amide bonds. The summed E-state index contributed by atoms with van der Waals surface area (Å²) in [4.78, 5) is 10.7. The molecule has 0 aliphatic rings. The summed E-state index contributed by atoms with van der Waals surface area (Å²) >= 11 is 0. The fourth-order valence-corrected chi connectivity index (χ4v) is 1.68. The highest BCUT2D eigenvalue weighted by atomic mass is 19.1. The van der Waals surface area contributed by atoms with Crippen LogP contribution in [0.5, 0.6) is 5.75 Å². The molecule has 0 unspecified atom stereocenters. The number of aryl methyl sites for hydroxylation is 1. The average Bonchev–Trinajstić information content (AvgIpc) is 2.33. The molecule has 0 saturated carbocycles. The maximum Gasteiger partial charge on any atom is 0.153 e. The summed E-state index contributed by atoms with van der Waals surface area (Å²) in [6.07, 6.45) is 0.548. The molecule has 2 rings (SSSR count). The van der Waals surface area contributed by atoms with Crippen LogP contribution in [0, 0.1) is 12.7 Å². The highest BCUT2D eigenvalue weighted by Crippen LogP contribution is 2.27. The van der Waals surface area contributed by atoms with Crippen LogP contribution in [0.25, 0.3) is 11.1 Å². The van der Waals surface area contributed by atoms with E-state index in [4.69, 9.17) is 0 Å². The Balaban J connectivity index is 2.60. The van der Waals surface area contributed by atoms with Crippen molar-refractivity contribution in [3.8, 4) is 16.9 Å². The van der Waals surface area contributed by atoms with Crippen LogP contribution in [-0.2, 0) is 0 Å². The fraction of sp³-hybridized carbons (Fsp3) is 0.0714. The predicted octanol–water partition coefficient (Wildman–Crippen LogP) is 3.32. The third-order valence-electron chi connectivity index (χ3n) is 2.59. The number of aldehydes is 1. The molecule has 0 heterocycles. The van der Waals surface area contributed by atoms with Gasteiger partial charge < -0.3 is 5.11 Å². The molecule has 0 spiro atoms. The molecule has 86 valence electrons. The topological polar surface area (TPSA) is 37.3 Å². The van der Waals surface area contributed by atoms with Crippen LogP contribution < -0.4 is 0 Å². The maximum atomic E-state index is 13.6. The van der Waals surface area contributed by atoms with Crippen LogP contribution in [-0.4, -0.2) is 11.4 Å². The molecule has 0 aromatic heterocycles. The molecular formula is C14H11FO2. The molecular weight excluding hydrogens is 219 g/mol. The van der Waals surface area contributed by atoms with Crippen molar-refractivity contribution in [2.75, 3.05) is 0 Å². The standard InChI is InChI=1S/C14H11FO2/c1-9-2-4-13(15)12(6-9)10-3-5-14(17)11(7-10)8-16/h2-8,17H,1H3. The van der Waals surface area contributed by atoms with Crippen molar-refractivity contribution in [2.24, 2.45) is 0 Å². The van der Waals surface area contributed by atoms with Crippen LogP contribution in [0.4, 0.5) is 4.39 Å². The van der Waals surface area contributed by atoms with Crippen molar-refractivity contribution in [1.82, 2.24) is 0 Å². The van der Waals surface area contributed by atoms with Crippen molar-refractivity contribution < 1.29 is 14.3 Å². The van der Waals surface area contributed by atoms with Gasteiger partial charge in [-0.05, 0) is 36.8 Å². The van der Waals surface area contributed by atoms with Gasteiger partial charge >= 0.3 is 0 Å². The lowest BCUT2D eigenvalue weighted by molar-refractivity contribution is 0.112. The van der Waals surface area contributed by atoms with E-state index in [-0.39, 0.29) is 17.1 Å². The van der Waals surface area contributed by atoms with Crippen LogP contribution >= 0.6 is 0 Å². The van der Waals surface area contributed by atoms with Crippen LogP contribution in [0.1, 0.15) is 15.9 Å². The number of phenols is 1. The number of phenolic OH excluding ortho intramolecular Hbond substituents is 1. The van der Waals surface area contributed by atoms with E-state index in [1.165, 1.54) is 18.2 Å². The maximum absolute atomic E-state index is 13.6. The number of hydrogen-bond acceptors (Lipinski definition) is 2. The Hall–Kier alpha value is -2.16. The Morgan fingerprint density at radius 2 is 1.94 bits per heavy atom. The molecule has 0 aliphatic heterocycles. The van der Waals surface area contributed by atoms with Gasteiger partial charge in [0.15, 0.2) is 6.29 Å². The SMILES string of the molecule is Cc1ccc(F)c(-c2ccc(O)c(C=O)c2)c1. The zero-order valence-corrected chi connectivity index (χ0v) is 9.27. The largest absolute Gasteiger partial charge is 0.507 e. The molecule has 3 heteroatoms. The zero-order chi connectivity index (χ0) is 12.4. The normalized spacial score (nSPS) is 10.2. The minimum atomic E-state index is -0.349. The van der Waals surface area contributed by atoms with E-state index in [9.17, 15) is 14.3 Å². The average molecular weight is 230 g/mol. The van der Waals surface area contributed by atoms with Gasteiger partial charge in [-0.25, -0.2) is 4.39 Å². The van der Waals surface area contributed by atoms with Gasteiger partial charge in [0.1, 0.15) is 11.6 Å². The molecule has 2 aromatic carbocycles. The van der Waals surface area contributed by atoms with Gasteiger partial charge in [0.05, 0.1) is 5.56 Å². The Morgan fingerprint density at radius 3 is 2.65 bits per heavy atom. The molecule has 0 aliphatic carbocycles. The van der Waals surface area contributed by atoms with Gasteiger partial charge in [0, 0.05) is 5.56 Å². The number of carbonyl (C=O) groups is 1. The second-order valence-corrected chi connectivity index (χ2v) is 3.87. The van der Waals surface area contributed by atoms with E-state index < -0.39 is 0 Å². The highest BCUT2D eigenvalue weighted by molar-refractivity contribution is 5.82. The summed E-state index contributed by atoms with van der Waals surface area (Å²) in [6.45, 7) is 1.87. The van der Waals surface area contributed by atoms with Crippen molar-refractivity contribution in [3.05, 3.63) is 53.3 Å². The van der Waals surface area contributed by atoms with E-state index in [0.29, 0.717) is 17.4 Å². The third kappa shape index (κ3) is 2.18. The van der Waals surface area contributed by atoms with Crippen molar-refractivity contribution in [3.63, 3.8) is 0 Å². The van der Waals surface area contributed by atoms with Gasteiger partial charge in [0.2, 0.25) is 0 Å². The molecule has 0 saturated heterocycles. The first kappa shape index (κ1) is 11.3. The summed E-state index contributed by atoms with van der Waals surface area (Å²) in [5.41, 5.74) is 2.09. The number of carbonyl (C=O) groups excluding carboxylic acids is 1. The van der Waals surface area contributed by atoms with Gasteiger partial charge in [0.25, 0.3) is 0 Å². The van der Waals surface area contributed by atoms with Crippen LogP contribution in [0.3, 0.4) is 0 Å². The van der Waals surface area contributed by atoms with E-state index in [0.717, 1.165) is 5.56 Å². The van der Waals surface area contributed by atoms with E-state index in [2.05, 4.69) is 0 Å². The van der Waals surface area contributed by atoms with Gasteiger partial charge in [-0.15, -0.1) is 0 Å². The zero-order valence-electron chi connectivity index (χ0n) is 9.27. The van der Waals surface area contributed by atoms with Gasteiger partial charge in [-0.3, -0.25) is 4.79 Å². The molecule has 0 fully saturated rings. The molecule has 1 N–H and O–H groups in total. The number of hydrogen-bond donors (Lipinski definition) is 1. The first-order valence-corrected chi connectivity index (χ1v) is 5.16. The highest BCUT2D eigenvalue weighted by Gasteiger charge is 2.08. The summed E-state index contributed by atoms with van der Waals surface area (Å²) in [7, 11) is 0. The first-order chi connectivity index (χ1) is 8.11. The van der Waals surface area contributed by atoms with Crippen molar-refractivity contribution in [2.45, 2.75) is 6.92 Å². The van der Waals surface area contributed by atoms with E-state index >= 15 is 0 Å². The van der Waals surface area contributed by atoms with E-state index in [1.807, 2.05) is 6.92 Å². The number of halogens is 1. The molecule has 17 heavy (non-hydrogen) atoms.